The van der Waals surface area contributed by atoms with Crippen LogP contribution in [0.1, 0.15) is 11.5 Å². The van der Waals surface area contributed by atoms with Gasteiger partial charge in [-0.1, -0.05) is 56.1 Å². The molecule has 2 aromatic carbocycles. The van der Waals surface area contributed by atoms with E-state index in [0.29, 0.717) is 11.5 Å². The molecule has 0 bridgehead atoms. The number of hydrogen-bond donors (Lipinski definition) is 0. The monoisotopic (exact) mass is 466 g/mol. The standard InChI is InChI=1S/C20H15BrN6O3/c1-11-2-4-12(5-3-11)18-22-15(30-24-18)10-26-17-16(23-25-26)19(28)27(20(17)29)14-8-6-13(21)7-9-14/h2-9,16-17H,10H2,1H3/t16-,17-/m0/s1. The number of aromatic nitrogens is 2. The first-order valence-electron chi connectivity index (χ1n) is 9.22. The van der Waals surface area contributed by atoms with E-state index in [2.05, 4.69) is 36.4 Å². The highest BCUT2D eigenvalue weighted by Gasteiger charge is 2.55. The van der Waals surface area contributed by atoms with Gasteiger partial charge < -0.3 is 4.52 Å². The molecule has 1 saturated heterocycles. The van der Waals surface area contributed by atoms with Gasteiger partial charge in [0.05, 0.1) is 5.69 Å². The van der Waals surface area contributed by atoms with Crippen molar-refractivity contribution in [2.45, 2.75) is 25.6 Å². The molecule has 150 valence electrons. The Hall–Kier alpha value is -3.40. The highest BCUT2D eigenvalue weighted by molar-refractivity contribution is 9.10. The van der Waals surface area contributed by atoms with Crippen LogP contribution in [0.5, 0.6) is 0 Å². The summed E-state index contributed by atoms with van der Waals surface area (Å²) in [5.41, 5.74) is 2.45. The Kier molecular flexibility index (Phi) is 4.43. The third-order valence-corrected chi connectivity index (χ3v) is 5.55. The van der Waals surface area contributed by atoms with E-state index in [1.54, 1.807) is 24.3 Å². The molecule has 0 unspecified atom stereocenters. The van der Waals surface area contributed by atoms with Crippen molar-refractivity contribution >= 4 is 33.4 Å². The minimum absolute atomic E-state index is 0.0801. The lowest BCUT2D eigenvalue weighted by atomic mass is 10.1. The van der Waals surface area contributed by atoms with Crippen LogP contribution in [0.2, 0.25) is 0 Å². The van der Waals surface area contributed by atoms with Crippen molar-refractivity contribution in [3.8, 4) is 11.4 Å². The van der Waals surface area contributed by atoms with Gasteiger partial charge in [-0.25, -0.2) is 4.90 Å². The predicted octanol–water partition coefficient (Wildman–Crippen LogP) is 3.30. The molecule has 0 N–H and O–H groups in total. The molecule has 2 amide bonds. The molecule has 30 heavy (non-hydrogen) atoms. The summed E-state index contributed by atoms with van der Waals surface area (Å²) < 4.78 is 6.18. The number of anilines is 1. The number of imide groups is 1. The fourth-order valence-electron chi connectivity index (χ4n) is 3.48. The molecule has 3 heterocycles. The Labute approximate surface area is 179 Å². The smallest absolute Gasteiger partial charge is 0.263 e. The number of amides is 2. The zero-order valence-electron chi connectivity index (χ0n) is 15.8. The van der Waals surface area contributed by atoms with E-state index in [0.717, 1.165) is 20.5 Å². The van der Waals surface area contributed by atoms with E-state index in [-0.39, 0.29) is 18.3 Å². The van der Waals surface area contributed by atoms with Crippen molar-refractivity contribution in [2.75, 3.05) is 4.90 Å². The van der Waals surface area contributed by atoms with Crippen molar-refractivity contribution in [1.82, 2.24) is 15.1 Å². The second-order valence-corrected chi connectivity index (χ2v) is 7.97. The van der Waals surface area contributed by atoms with Crippen LogP contribution >= 0.6 is 15.9 Å². The summed E-state index contributed by atoms with van der Waals surface area (Å²) in [6.45, 7) is 2.08. The van der Waals surface area contributed by atoms with Crippen LogP contribution in [0.3, 0.4) is 0 Å². The zero-order chi connectivity index (χ0) is 20.8. The lowest BCUT2D eigenvalue weighted by molar-refractivity contribution is -0.123. The van der Waals surface area contributed by atoms with Gasteiger partial charge in [0, 0.05) is 10.0 Å². The van der Waals surface area contributed by atoms with Crippen LogP contribution in [-0.4, -0.2) is 39.0 Å². The van der Waals surface area contributed by atoms with Crippen molar-refractivity contribution in [2.24, 2.45) is 10.3 Å². The van der Waals surface area contributed by atoms with Crippen LogP contribution in [0.25, 0.3) is 11.4 Å². The summed E-state index contributed by atoms with van der Waals surface area (Å²) in [6, 6.07) is 13.0. The second-order valence-electron chi connectivity index (χ2n) is 7.06. The summed E-state index contributed by atoms with van der Waals surface area (Å²) >= 11 is 3.35. The first-order valence-corrected chi connectivity index (χ1v) is 10.0. The fraction of sp³-hybridized carbons (Fsp3) is 0.200. The molecule has 1 aromatic heterocycles. The molecule has 2 atom stereocenters. The molecular weight excluding hydrogens is 452 g/mol. The van der Waals surface area contributed by atoms with Gasteiger partial charge in [0.2, 0.25) is 11.7 Å². The number of aryl methyl sites for hydroxylation is 1. The Bertz CT molecular complexity index is 1160. The van der Waals surface area contributed by atoms with Gasteiger partial charge >= 0.3 is 0 Å². The summed E-state index contributed by atoms with van der Waals surface area (Å²) in [7, 11) is 0. The average Bonchev–Trinajstić information content (AvgIpc) is 3.43. The lowest BCUT2D eigenvalue weighted by Gasteiger charge is -2.19. The van der Waals surface area contributed by atoms with E-state index in [9.17, 15) is 9.59 Å². The molecule has 10 heteroatoms. The van der Waals surface area contributed by atoms with Gasteiger partial charge in [0.25, 0.3) is 11.8 Å². The third kappa shape index (κ3) is 3.09. The quantitative estimate of drug-likeness (QED) is 0.546. The second kappa shape index (κ2) is 7.13. The largest absolute Gasteiger partial charge is 0.337 e. The minimum Gasteiger partial charge on any atom is -0.337 e. The Morgan fingerprint density at radius 2 is 1.77 bits per heavy atom. The maximum absolute atomic E-state index is 13.0. The molecule has 1 fully saturated rings. The van der Waals surface area contributed by atoms with Crippen molar-refractivity contribution in [1.29, 1.82) is 0 Å². The number of benzene rings is 2. The van der Waals surface area contributed by atoms with E-state index < -0.39 is 18.0 Å². The van der Waals surface area contributed by atoms with Gasteiger partial charge in [0.1, 0.15) is 6.54 Å². The minimum atomic E-state index is -0.874. The highest BCUT2D eigenvalue weighted by atomic mass is 79.9. The van der Waals surface area contributed by atoms with E-state index >= 15 is 0 Å². The number of fused-ring (bicyclic) bond motifs is 1. The molecule has 2 aliphatic rings. The van der Waals surface area contributed by atoms with Crippen LogP contribution in [0.15, 0.2) is 67.9 Å². The Balaban J connectivity index is 1.36. The van der Waals surface area contributed by atoms with Gasteiger partial charge in [-0.15, -0.1) is 0 Å². The lowest BCUT2D eigenvalue weighted by Crippen LogP contribution is -2.39. The van der Waals surface area contributed by atoms with Crippen molar-refractivity contribution < 1.29 is 14.1 Å². The molecule has 0 spiro atoms. The number of carbonyl (C=O) groups is 2. The molecule has 3 aromatic rings. The number of nitrogens with zero attached hydrogens (tertiary/aromatic N) is 6. The van der Waals surface area contributed by atoms with E-state index in [1.807, 2.05) is 31.2 Å². The van der Waals surface area contributed by atoms with Crippen molar-refractivity contribution in [3.05, 3.63) is 64.5 Å². The van der Waals surface area contributed by atoms with E-state index in [1.165, 1.54) is 5.01 Å². The molecule has 5 rings (SSSR count). The number of rotatable bonds is 4. The summed E-state index contributed by atoms with van der Waals surface area (Å²) in [6.07, 6.45) is 0. The fourth-order valence-corrected chi connectivity index (χ4v) is 3.74. The summed E-state index contributed by atoms with van der Waals surface area (Å²) in [5, 5.41) is 13.4. The van der Waals surface area contributed by atoms with Gasteiger partial charge in [-0.2, -0.15) is 10.1 Å². The van der Waals surface area contributed by atoms with Gasteiger partial charge in [-0.3, -0.25) is 14.6 Å². The van der Waals surface area contributed by atoms with Gasteiger partial charge in [0.15, 0.2) is 12.1 Å². The number of carbonyl (C=O) groups excluding carboxylic acids is 2. The maximum atomic E-state index is 13.0. The zero-order valence-corrected chi connectivity index (χ0v) is 17.4. The van der Waals surface area contributed by atoms with Crippen LogP contribution in [0.4, 0.5) is 5.69 Å². The Morgan fingerprint density at radius 1 is 1.03 bits per heavy atom. The molecular formula is C20H15BrN6O3. The van der Waals surface area contributed by atoms with Crippen LogP contribution in [-0.2, 0) is 16.1 Å². The molecule has 0 aliphatic carbocycles. The first-order chi connectivity index (χ1) is 14.5. The number of hydrogen-bond acceptors (Lipinski definition) is 8. The Morgan fingerprint density at radius 3 is 2.50 bits per heavy atom. The predicted molar refractivity (Wildman–Crippen MR) is 109 cm³/mol. The average molecular weight is 467 g/mol. The summed E-state index contributed by atoms with van der Waals surface area (Å²) in [4.78, 5) is 31.3. The highest BCUT2D eigenvalue weighted by Crippen LogP contribution is 2.33. The topological polar surface area (TPSA) is 104 Å². The summed E-state index contributed by atoms with van der Waals surface area (Å²) in [5.74, 6) is -0.0458. The van der Waals surface area contributed by atoms with Crippen molar-refractivity contribution in [3.63, 3.8) is 0 Å². The first kappa shape index (κ1) is 18.6. The van der Waals surface area contributed by atoms with Gasteiger partial charge in [-0.05, 0) is 31.2 Å². The SMILES string of the molecule is Cc1ccc(-c2noc(CN3N=N[C@@H]4C(=O)N(c5ccc(Br)cc5)C(=O)[C@H]43)n2)cc1. The normalized spacial score (nSPS) is 20.3. The number of halogens is 1. The van der Waals surface area contributed by atoms with Crippen LogP contribution in [0, 0.1) is 6.92 Å². The molecule has 0 saturated carbocycles. The van der Waals surface area contributed by atoms with Crippen LogP contribution < -0.4 is 4.90 Å². The van der Waals surface area contributed by atoms with E-state index in [4.69, 9.17) is 4.52 Å². The maximum Gasteiger partial charge on any atom is 0.263 e. The third-order valence-electron chi connectivity index (χ3n) is 5.02. The molecule has 2 aliphatic heterocycles. The molecule has 0 radical (unpaired) electrons. The molecule has 9 nitrogen and oxygen atoms in total.